The number of carbonyl (C=O) groups excluding carboxylic acids is 1. The summed E-state index contributed by atoms with van der Waals surface area (Å²) in [6.07, 6.45) is 3.21. The van der Waals surface area contributed by atoms with Gasteiger partial charge in [-0.05, 0) is 48.0 Å². The highest BCUT2D eigenvalue weighted by molar-refractivity contribution is 6.02. The first kappa shape index (κ1) is 17.4. The van der Waals surface area contributed by atoms with Crippen molar-refractivity contribution in [3.63, 3.8) is 0 Å². The van der Waals surface area contributed by atoms with Gasteiger partial charge in [0.15, 0.2) is 11.5 Å². The number of benzene rings is 2. The van der Waals surface area contributed by atoms with Crippen LogP contribution >= 0.6 is 0 Å². The molecule has 0 aliphatic rings. The van der Waals surface area contributed by atoms with Gasteiger partial charge in [0.1, 0.15) is 0 Å². The van der Waals surface area contributed by atoms with Gasteiger partial charge in [0.05, 0.1) is 14.2 Å². The van der Waals surface area contributed by atoms with Crippen molar-refractivity contribution in [3.05, 3.63) is 54.1 Å². The van der Waals surface area contributed by atoms with Crippen molar-refractivity contribution in [2.45, 2.75) is 0 Å². The number of nitrogens with zero attached hydrogens (tertiary/aromatic N) is 1. The lowest BCUT2D eigenvalue weighted by Crippen LogP contribution is -2.10. The van der Waals surface area contributed by atoms with Gasteiger partial charge in [-0.15, -0.1) is 0 Å². The molecule has 0 heterocycles. The Morgan fingerprint density at radius 2 is 1.67 bits per heavy atom. The highest BCUT2D eigenvalue weighted by Crippen LogP contribution is 2.28. The van der Waals surface area contributed by atoms with E-state index in [1.807, 2.05) is 55.4 Å². The molecule has 2 rings (SSSR count). The first-order valence-electron chi connectivity index (χ1n) is 7.52. The fourth-order valence-electron chi connectivity index (χ4n) is 2.16. The van der Waals surface area contributed by atoms with E-state index in [9.17, 15) is 4.79 Å². The lowest BCUT2D eigenvalue weighted by atomic mass is 10.2. The zero-order chi connectivity index (χ0) is 17.5. The van der Waals surface area contributed by atoms with E-state index in [-0.39, 0.29) is 5.91 Å². The summed E-state index contributed by atoms with van der Waals surface area (Å²) < 4.78 is 10.4. The van der Waals surface area contributed by atoms with Crippen molar-refractivity contribution in [1.82, 2.24) is 0 Å². The summed E-state index contributed by atoms with van der Waals surface area (Å²) in [6.45, 7) is 0. The highest BCUT2D eigenvalue weighted by Gasteiger charge is 2.03. The summed E-state index contributed by atoms with van der Waals surface area (Å²) in [6, 6.07) is 13.1. The Kier molecular flexibility index (Phi) is 5.84. The zero-order valence-electron chi connectivity index (χ0n) is 14.4. The van der Waals surface area contributed by atoms with Crippen LogP contribution in [-0.2, 0) is 4.79 Å². The average molecular weight is 326 g/mol. The van der Waals surface area contributed by atoms with Gasteiger partial charge in [-0.3, -0.25) is 4.79 Å². The molecule has 5 nitrogen and oxygen atoms in total. The average Bonchev–Trinajstić information content (AvgIpc) is 2.60. The SMILES string of the molecule is COc1ccc(/C=C/C(=O)Nc2ccc(N(C)C)cc2)cc1OC. The Balaban J connectivity index is 2.02. The second kappa shape index (κ2) is 8.06. The van der Waals surface area contributed by atoms with Crippen LogP contribution in [-0.4, -0.2) is 34.2 Å². The molecule has 2 aromatic carbocycles. The van der Waals surface area contributed by atoms with Crippen molar-refractivity contribution in [3.8, 4) is 11.5 Å². The number of anilines is 2. The Morgan fingerprint density at radius 1 is 1.00 bits per heavy atom. The molecule has 0 atom stereocenters. The minimum atomic E-state index is -0.192. The summed E-state index contributed by atoms with van der Waals surface area (Å²) in [5.41, 5.74) is 2.68. The number of carbonyl (C=O) groups is 1. The predicted octanol–water partition coefficient (Wildman–Crippen LogP) is 3.42. The van der Waals surface area contributed by atoms with Gasteiger partial charge in [0, 0.05) is 31.5 Å². The first-order chi connectivity index (χ1) is 11.5. The minimum Gasteiger partial charge on any atom is -0.493 e. The smallest absolute Gasteiger partial charge is 0.248 e. The van der Waals surface area contributed by atoms with Gasteiger partial charge in [0.25, 0.3) is 0 Å². The molecule has 0 saturated carbocycles. The number of hydrogen-bond donors (Lipinski definition) is 1. The maximum Gasteiger partial charge on any atom is 0.248 e. The topological polar surface area (TPSA) is 50.8 Å². The number of amides is 1. The van der Waals surface area contributed by atoms with E-state index in [1.54, 1.807) is 26.4 Å². The maximum absolute atomic E-state index is 12.0. The molecule has 0 saturated heterocycles. The molecular weight excluding hydrogens is 304 g/mol. The normalized spacial score (nSPS) is 10.5. The molecule has 1 N–H and O–H groups in total. The van der Waals surface area contributed by atoms with Crippen molar-refractivity contribution < 1.29 is 14.3 Å². The lowest BCUT2D eigenvalue weighted by molar-refractivity contribution is -0.111. The van der Waals surface area contributed by atoms with E-state index < -0.39 is 0 Å². The van der Waals surface area contributed by atoms with E-state index >= 15 is 0 Å². The van der Waals surface area contributed by atoms with Crippen LogP contribution in [0.1, 0.15) is 5.56 Å². The van der Waals surface area contributed by atoms with Gasteiger partial charge in [-0.1, -0.05) is 6.07 Å². The predicted molar refractivity (Wildman–Crippen MR) is 98.0 cm³/mol. The molecule has 0 aromatic heterocycles. The van der Waals surface area contributed by atoms with E-state index in [0.29, 0.717) is 11.5 Å². The fraction of sp³-hybridized carbons (Fsp3) is 0.211. The van der Waals surface area contributed by atoms with Crippen molar-refractivity contribution >= 4 is 23.4 Å². The Labute approximate surface area is 142 Å². The van der Waals surface area contributed by atoms with Crippen molar-refractivity contribution in [2.24, 2.45) is 0 Å². The van der Waals surface area contributed by atoms with Crippen LogP contribution < -0.4 is 19.7 Å². The monoisotopic (exact) mass is 326 g/mol. The van der Waals surface area contributed by atoms with Crippen LogP contribution in [0.25, 0.3) is 6.08 Å². The van der Waals surface area contributed by atoms with Crippen LogP contribution in [0.15, 0.2) is 48.5 Å². The standard InChI is InChI=1S/C19H22N2O3/c1-21(2)16-9-7-15(8-10-16)20-19(22)12-6-14-5-11-17(23-3)18(13-14)24-4/h5-13H,1-4H3,(H,20,22)/b12-6+. The molecule has 5 heteroatoms. The van der Waals surface area contributed by atoms with Gasteiger partial charge in [0.2, 0.25) is 5.91 Å². The summed E-state index contributed by atoms with van der Waals surface area (Å²) in [5.74, 6) is 1.09. The van der Waals surface area contributed by atoms with E-state index in [1.165, 1.54) is 6.08 Å². The summed E-state index contributed by atoms with van der Waals surface area (Å²) >= 11 is 0. The van der Waals surface area contributed by atoms with Gasteiger partial charge >= 0.3 is 0 Å². The number of hydrogen-bond acceptors (Lipinski definition) is 4. The van der Waals surface area contributed by atoms with Crippen LogP contribution in [0.5, 0.6) is 11.5 Å². The van der Waals surface area contributed by atoms with E-state index in [2.05, 4.69) is 5.32 Å². The molecule has 0 fully saturated rings. The number of rotatable bonds is 6. The molecule has 0 unspecified atom stereocenters. The van der Waals surface area contributed by atoms with E-state index in [4.69, 9.17) is 9.47 Å². The van der Waals surface area contributed by atoms with Gasteiger partial charge in [-0.2, -0.15) is 0 Å². The van der Waals surface area contributed by atoms with Crippen LogP contribution in [0.3, 0.4) is 0 Å². The lowest BCUT2D eigenvalue weighted by Gasteiger charge is -2.12. The van der Waals surface area contributed by atoms with Crippen molar-refractivity contribution in [1.29, 1.82) is 0 Å². The minimum absolute atomic E-state index is 0.192. The van der Waals surface area contributed by atoms with Crippen molar-refractivity contribution in [2.75, 3.05) is 38.5 Å². The molecular formula is C19H22N2O3. The molecule has 0 bridgehead atoms. The molecule has 0 radical (unpaired) electrons. The van der Waals surface area contributed by atoms with Gasteiger partial charge in [-0.25, -0.2) is 0 Å². The number of nitrogens with one attached hydrogen (secondary N) is 1. The zero-order valence-corrected chi connectivity index (χ0v) is 14.4. The highest BCUT2D eigenvalue weighted by atomic mass is 16.5. The quantitative estimate of drug-likeness (QED) is 0.827. The Bertz CT molecular complexity index is 722. The van der Waals surface area contributed by atoms with Crippen LogP contribution in [0.2, 0.25) is 0 Å². The fourth-order valence-corrected chi connectivity index (χ4v) is 2.16. The second-order valence-corrected chi connectivity index (χ2v) is 5.38. The summed E-state index contributed by atoms with van der Waals surface area (Å²) in [5, 5.41) is 2.83. The first-order valence-corrected chi connectivity index (χ1v) is 7.52. The Morgan fingerprint density at radius 3 is 2.25 bits per heavy atom. The second-order valence-electron chi connectivity index (χ2n) is 5.38. The molecule has 0 spiro atoms. The maximum atomic E-state index is 12.0. The molecule has 0 aliphatic carbocycles. The third kappa shape index (κ3) is 4.52. The third-order valence-electron chi connectivity index (χ3n) is 3.49. The number of ether oxygens (including phenoxy) is 2. The van der Waals surface area contributed by atoms with E-state index in [0.717, 1.165) is 16.9 Å². The third-order valence-corrected chi connectivity index (χ3v) is 3.49. The molecule has 1 amide bonds. The molecule has 24 heavy (non-hydrogen) atoms. The largest absolute Gasteiger partial charge is 0.493 e. The Hall–Kier alpha value is -2.95. The summed E-state index contributed by atoms with van der Waals surface area (Å²) in [4.78, 5) is 14.0. The number of methoxy groups -OCH3 is 2. The molecule has 126 valence electrons. The summed E-state index contributed by atoms with van der Waals surface area (Å²) in [7, 11) is 7.11. The van der Waals surface area contributed by atoms with Gasteiger partial charge < -0.3 is 19.7 Å². The molecule has 0 aliphatic heterocycles. The van der Waals surface area contributed by atoms with Crippen LogP contribution in [0.4, 0.5) is 11.4 Å². The van der Waals surface area contributed by atoms with Crippen LogP contribution in [0, 0.1) is 0 Å². The molecule has 2 aromatic rings.